The van der Waals surface area contributed by atoms with Crippen molar-refractivity contribution in [3.8, 4) is 0 Å². The first-order valence-electron chi connectivity index (χ1n) is 5.02. The lowest BCUT2D eigenvalue weighted by Crippen LogP contribution is -1.82. The Morgan fingerprint density at radius 3 is 3.06 bits per heavy atom. The van der Waals surface area contributed by atoms with Crippen molar-refractivity contribution in [2.45, 2.75) is 13.1 Å². The Morgan fingerprint density at radius 2 is 2.31 bits per heavy atom. The van der Waals surface area contributed by atoms with Gasteiger partial charge in [0, 0.05) is 15.9 Å². The molecule has 0 radical (unpaired) electrons. The Hall–Kier alpha value is -0.340. The maximum Gasteiger partial charge on any atom is 0.195 e. The molecule has 2 nitrogen and oxygen atoms in total. The van der Waals surface area contributed by atoms with Crippen LogP contribution in [0, 0.1) is 0 Å². The van der Waals surface area contributed by atoms with Crippen LogP contribution in [0.25, 0.3) is 10.1 Å². The molecule has 0 bridgehead atoms. The van der Waals surface area contributed by atoms with Gasteiger partial charge in [0.2, 0.25) is 0 Å². The molecule has 5 heteroatoms. The van der Waals surface area contributed by atoms with Gasteiger partial charge < -0.3 is 4.52 Å². The van der Waals surface area contributed by atoms with Crippen LogP contribution in [-0.4, -0.2) is 6.61 Å². The zero-order valence-electron chi connectivity index (χ0n) is 8.83. The zero-order valence-corrected chi connectivity index (χ0v) is 11.4. The highest BCUT2D eigenvalue weighted by atomic mass is 35.5. The minimum Gasteiger partial charge on any atom is -0.331 e. The first-order valence-corrected chi connectivity index (χ1v) is 7.80. The Bertz CT molecular complexity index is 524. The van der Waals surface area contributed by atoms with Crippen LogP contribution in [0.5, 0.6) is 0 Å². The van der Waals surface area contributed by atoms with Crippen LogP contribution in [0.3, 0.4) is 0 Å². The van der Waals surface area contributed by atoms with Crippen LogP contribution >= 0.6 is 31.0 Å². The molecule has 0 aliphatic carbocycles. The van der Waals surface area contributed by atoms with Crippen LogP contribution < -0.4 is 0 Å². The summed E-state index contributed by atoms with van der Waals surface area (Å²) < 4.78 is 17.9. The number of hydrogen-bond acceptors (Lipinski definition) is 3. The van der Waals surface area contributed by atoms with Crippen molar-refractivity contribution in [2.24, 2.45) is 0 Å². The molecule has 0 aliphatic heterocycles. The molecule has 1 unspecified atom stereocenters. The van der Waals surface area contributed by atoms with Crippen LogP contribution in [0.1, 0.15) is 12.5 Å². The van der Waals surface area contributed by atoms with Gasteiger partial charge in [-0.15, -0.1) is 11.3 Å². The van der Waals surface area contributed by atoms with E-state index in [2.05, 4.69) is 0 Å². The van der Waals surface area contributed by atoms with E-state index in [1.165, 1.54) is 4.70 Å². The molecule has 0 fully saturated rings. The number of benzene rings is 1. The third-order valence-electron chi connectivity index (χ3n) is 2.26. The van der Waals surface area contributed by atoms with Gasteiger partial charge in [0.25, 0.3) is 0 Å². The maximum atomic E-state index is 11.6. The lowest BCUT2D eigenvalue weighted by Gasteiger charge is -2.01. The third kappa shape index (κ3) is 2.67. The summed E-state index contributed by atoms with van der Waals surface area (Å²) >= 11 is 7.59. The zero-order chi connectivity index (χ0) is 11.5. The smallest absolute Gasteiger partial charge is 0.195 e. The summed E-state index contributed by atoms with van der Waals surface area (Å²) in [4.78, 5) is 0. The van der Waals surface area contributed by atoms with Gasteiger partial charge in [0.15, 0.2) is 8.03 Å². The van der Waals surface area contributed by atoms with Crippen LogP contribution in [0.2, 0.25) is 5.02 Å². The van der Waals surface area contributed by atoms with E-state index in [4.69, 9.17) is 16.1 Å². The highest BCUT2D eigenvalue weighted by Gasteiger charge is 2.08. The molecule has 0 amide bonds. The summed E-state index contributed by atoms with van der Waals surface area (Å²) in [7, 11) is -1.95. The van der Waals surface area contributed by atoms with E-state index in [-0.39, 0.29) is 0 Å². The molecule has 2 aromatic rings. The minimum atomic E-state index is -1.95. The van der Waals surface area contributed by atoms with E-state index in [1.807, 2.05) is 30.5 Å². The second kappa shape index (κ2) is 5.33. The molecule has 1 heterocycles. The Morgan fingerprint density at radius 1 is 1.50 bits per heavy atom. The van der Waals surface area contributed by atoms with Gasteiger partial charge in [-0.05, 0) is 41.5 Å². The van der Waals surface area contributed by atoms with Crippen molar-refractivity contribution < 1.29 is 9.09 Å². The monoisotopic (exact) mass is 274 g/mol. The fourth-order valence-corrected chi connectivity index (χ4v) is 3.85. The first-order chi connectivity index (χ1) is 7.70. The number of fused-ring (bicyclic) bond motifs is 1. The minimum absolute atomic E-state index is 0.499. The molecule has 86 valence electrons. The molecule has 0 spiro atoms. The third-order valence-corrected chi connectivity index (χ3v) is 4.78. The summed E-state index contributed by atoms with van der Waals surface area (Å²) in [6, 6.07) is 5.78. The van der Waals surface area contributed by atoms with Crippen LogP contribution in [0.4, 0.5) is 0 Å². The molecular weight excluding hydrogens is 263 g/mol. The molecule has 1 aromatic carbocycles. The van der Waals surface area contributed by atoms with Crippen molar-refractivity contribution >= 4 is 41.1 Å². The van der Waals surface area contributed by atoms with E-state index in [0.29, 0.717) is 17.8 Å². The average Bonchev–Trinajstić information content (AvgIpc) is 2.61. The van der Waals surface area contributed by atoms with E-state index in [9.17, 15) is 4.57 Å². The number of thiophene rings is 1. The average molecular weight is 275 g/mol. The lowest BCUT2D eigenvalue weighted by molar-refractivity contribution is 0.350. The number of halogens is 1. The van der Waals surface area contributed by atoms with Crippen LogP contribution in [0.15, 0.2) is 23.6 Å². The molecule has 0 aliphatic rings. The van der Waals surface area contributed by atoms with Gasteiger partial charge in [-0.3, -0.25) is 4.57 Å². The van der Waals surface area contributed by atoms with Gasteiger partial charge in [0.1, 0.15) is 0 Å². The standard InChI is InChI=1S/C11H12ClO2PS/c1-2-14-15(13)6-8-7-16-11-4-3-9(12)5-10(8)11/h3-5,7,15H,2,6H2,1H3. The van der Waals surface area contributed by atoms with E-state index in [1.54, 1.807) is 11.3 Å². The summed E-state index contributed by atoms with van der Waals surface area (Å²) in [6.07, 6.45) is 0.499. The summed E-state index contributed by atoms with van der Waals surface area (Å²) in [5.41, 5.74) is 1.07. The quantitative estimate of drug-likeness (QED) is 0.764. The molecule has 1 atom stereocenters. The van der Waals surface area contributed by atoms with Gasteiger partial charge in [0.05, 0.1) is 6.61 Å². The normalized spacial score (nSPS) is 13.1. The summed E-state index contributed by atoms with van der Waals surface area (Å²) in [6.45, 7) is 2.35. The molecule has 0 saturated carbocycles. The Labute approximate surface area is 104 Å². The molecular formula is C11H12ClO2PS. The fraction of sp³-hybridized carbons (Fsp3) is 0.273. The Kier molecular flexibility index (Phi) is 4.04. The molecule has 16 heavy (non-hydrogen) atoms. The predicted molar refractivity (Wildman–Crippen MR) is 71.2 cm³/mol. The van der Waals surface area contributed by atoms with Crippen molar-refractivity contribution in [1.82, 2.24) is 0 Å². The largest absolute Gasteiger partial charge is 0.331 e. The van der Waals surface area contributed by atoms with Crippen molar-refractivity contribution in [3.05, 3.63) is 34.2 Å². The highest BCUT2D eigenvalue weighted by Crippen LogP contribution is 2.35. The second-order valence-corrected chi connectivity index (χ2v) is 6.12. The Balaban J connectivity index is 2.30. The molecule has 0 N–H and O–H groups in total. The number of hydrogen-bond donors (Lipinski definition) is 0. The lowest BCUT2D eigenvalue weighted by atomic mass is 10.2. The van der Waals surface area contributed by atoms with Crippen molar-refractivity contribution in [1.29, 1.82) is 0 Å². The van der Waals surface area contributed by atoms with E-state index >= 15 is 0 Å². The van der Waals surface area contributed by atoms with Crippen molar-refractivity contribution in [2.75, 3.05) is 6.61 Å². The first kappa shape index (κ1) is 12.1. The summed E-state index contributed by atoms with van der Waals surface area (Å²) in [5, 5.41) is 3.83. The van der Waals surface area contributed by atoms with E-state index < -0.39 is 8.03 Å². The van der Waals surface area contributed by atoms with Gasteiger partial charge in [-0.1, -0.05) is 11.6 Å². The second-order valence-electron chi connectivity index (χ2n) is 3.38. The maximum absolute atomic E-state index is 11.6. The number of rotatable bonds is 4. The van der Waals surface area contributed by atoms with E-state index in [0.717, 1.165) is 10.9 Å². The molecule has 2 rings (SSSR count). The van der Waals surface area contributed by atoms with Gasteiger partial charge >= 0.3 is 0 Å². The fourth-order valence-electron chi connectivity index (χ4n) is 1.56. The van der Waals surface area contributed by atoms with Gasteiger partial charge in [-0.25, -0.2) is 0 Å². The molecule has 0 saturated heterocycles. The SMILES string of the molecule is CCO[PH](=O)Cc1csc2ccc(Cl)cc12. The molecule has 1 aromatic heterocycles. The van der Waals surface area contributed by atoms with Crippen LogP contribution in [-0.2, 0) is 15.3 Å². The highest BCUT2D eigenvalue weighted by molar-refractivity contribution is 7.38. The van der Waals surface area contributed by atoms with Crippen molar-refractivity contribution in [3.63, 3.8) is 0 Å². The topological polar surface area (TPSA) is 26.3 Å². The predicted octanol–water partition coefficient (Wildman–Crippen LogP) is 4.57. The van der Waals surface area contributed by atoms with Gasteiger partial charge in [-0.2, -0.15) is 0 Å². The summed E-state index contributed by atoms with van der Waals surface area (Å²) in [5.74, 6) is 0.